The van der Waals surface area contributed by atoms with Crippen molar-refractivity contribution in [1.29, 1.82) is 5.26 Å². The van der Waals surface area contributed by atoms with Crippen molar-refractivity contribution in [3.63, 3.8) is 0 Å². The Kier molecular flexibility index (Phi) is 5.38. The van der Waals surface area contributed by atoms with Crippen LogP contribution < -0.4 is 4.74 Å². The zero-order valence-electron chi connectivity index (χ0n) is 11.8. The summed E-state index contributed by atoms with van der Waals surface area (Å²) in [6.45, 7) is 1.21. The first-order valence-corrected chi connectivity index (χ1v) is 8.31. The number of carbonyl (C=O) groups is 1. The van der Waals surface area contributed by atoms with Gasteiger partial charge in [-0.15, -0.1) is 11.8 Å². The Morgan fingerprint density at radius 3 is 2.81 bits per heavy atom. The number of ether oxygens (including phenoxy) is 1. The number of carbonyl (C=O) groups excluding carboxylic acids is 1. The number of likely N-dealkylation sites (tertiary alicyclic amines) is 1. The van der Waals surface area contributed by atoms with Crippen LogP contribution in [0.15, 0.2) is 24.3 Å². The summed E-state index contributed by atoms with van der Waals surface area (Å²) < 4.78 is 5.12. The topological polar surface area (TPSA) is 53.3 Å². The fourth-order valence-electron chi connectivity index (χ4n) is 2.27. The zero-order chi connectivity index (χ0) is 15.3. The SMILES string of the molecule is CSC1(C#N)CCN(C(=O)COc2cccc(Cl)c2)CC1. The number of halogens is 1. The number of amides is 1. The molecule has 1 saturated heterocycles. The summed E-state index contributed by atoms with van der Waals surface area (Å²) in [4.78, 5) is 13.9. The Labute approximate surface area is 134 Å². The fraction of sp³-hybridized carbons (Fsp3) is 0.467. The largest absolute Gasteiger partial charge is 0.484 e. The van der Waals surface area contributed by atoms with Gasteiger partial charge in [-0.3, -0.25) is 4.79 Å². The van der Waals surface area contributed by atoms with Crippen LogP contribution in [0.2, 0.25) is 5.02 Å². The van der Waals surface area contributed by atoms with E-state index in [-0.39, 0.29) is 17.3 Å². The number of nitriles is 1. The molecule has 21 heavy (non-hydrogen) atoms. The first-order valence-electron chi connectivity index (χ1n) is 6.71. The van der Waals surface area contributed by atoms with E-state index in [0.717, 1.165) is 0 Å². The van der Waals surface area contributed by atoms with Crippen LogP contribution in [0.4, 0.5) is 0 Å². The summed E-state index contributed by atoms with van der Waals surface area (Å²) in [5.41, 5.74) is 0. The Morgan fingerprint density at radius 2 is 2.24 bits per heavy atom. The molecule has 1 heterocycles. The first-order chi connectivity index (χ1) is 10.1. The van der Waals surface area contributed by atoms with E-state index in [1.54, 1.807) is 40.9 Å². The summed E-state index contributed by atoms with van der Waals surface area (Å²) >= 11 is 7.44. The molecule has 1 aliphatic rings. The van der Waals surface area contributed by atoms with Crippen molar-refractivity contribution >= 4 is 29.3 Å². The molecule has 0 radical (unpaired) electrons. The highest BCUT2D eigenvalue weighted by atomic mass is 35.5. The van der Waals surface area contributed by atoms with Gasteiger partial charge in [0.05, 0.1) is 6.07 Å². The minimum atomic E-state index is -0.343. The lowest BCUT2D eigenvalue weighted by molar-refractivity contribution is -0.134. The minimum Gasteiger partial charge on any atom is -0.484 e. The van der Waals surface area contributed by atoms with E-state index in [4.69, 9.17) is 16.3 Å². The highest BCUT2D eigenvalue weighted by molar-refractivity contribution is 8.00. The Hall–Kier alpha value is -1.38. The molecule has 2 rings (SSSR count). The summed E-state index contributed by atoms with van der Waals surface area (Å²) in [5, 5.41) is 9.81. The highest BCUT2D eigenvalue weighted by Gasteiger charge is 2.35. The minimum absolute atomic E-state index is 0.000830. The lowest BCUT2D eigenvalue weighted by atomic mass is 9.97. The molecule has 1 aromatic rings. The zero-order valence-corrected chi connectivity index (χ0v) is 13.4. The molecular formula is C15H17ClN2O2S. The van der Waals surface area contributed by atoms with E-state index in [1.807, 2.05) is 6.26 Å². The maximum absolute atomic E-state index is 12.1. The fourth-order valence-corrected chi connectivity index (χ4v) is 3.13. The molecule has 0 aromatic heterocycles. The molecular weight excluding hydrogens is 308 g/mol. The van der Waals surface area contributed by atoms with Crippen molar-refractivity contribution in [2.24, 2.45) is 0 Å². The second-order valence-corrected chi connectivity index (χ2v) is 6.56. The van der Waals surface area contributed by atoms with Crippen LogP contribution in [0.3, 0.4) is 0 Å². The molecule has 0 unspecified atom stereocenters. The number of thioether (sulfide) groups is 1. The van der Waals surface area contributed by atoms with E-state index in [0.29, 0.717) is 36.7 Å². The average molecular weight is 325 g/mol. The molecule has 0 bridgehead atoms. The van der Waals surface area contributed by atoms with E-state index >= 15 is 0 Å². The standard InChI is InChI=1S/C15H17ClN2O2S/c1-21-15(11-17)5-7-18(8-6-15)14(19)10-20-13-4-2-3-12(16)9-13/h2-4,9H,5-8,10H2,1H3. The molecule has 0 aliphatic carbocycles. The van der Waals surface area contributed by atoms with Gasteiger partial charge >= 0.3 is 0 Å². The van der Waals surface area contributed by atoms with Gasteiger partial charge in [-0.1, -0.05) is 17.7 Å². The number of hydrogen-bond acceptors (Lipinski definition) is 4. The van der Waals surface area contributed by atoms with Crippen molar-refractivity contribution in [1.82, 2.24) is 4.90 Å². The smallest absolute Gasteiger partial charge is 0.260 e. The molecule has 1 aromatic carbocycles. The molecule has 1 fully saturated rings. The molecule has 1 amide bonds. The number of rotatable bonds is 4. The molecule has 4 nitrogen and oxygen atoms in total. The molecule has 112 valence electrons. The van der Waals surface area contributed by atoms with Crippen LogP contribution in [-0.4, -0.2) is 41.5 Å². The number of piperidine rings is 1. The average Bonchev–Trinajstić information content (AvgIpc) is 2.53. The predicted octanol–water partition coefficient (Wildman–Crippen LogP) is 2.97. The van der Waals surface area contributed by atoms with Crippen molar-refractivity contribution in [2.75, 3.05) is 26.0 Å². The quantitative estimate of drug-likeness (QED) is 0.854. The molecule has 0 saturated carbocycles. The summed E-state index contributed by atoms with van der Waals surface area (Å²) in [5.74, 6) is 0.533. The predicted molar refractivity (Wildman–Crippen MR) is 84.6 cm³/mol. The third-order valence-electron chi connectivity index (χ3n) is 3.68. The van der Waals surface area contributed by atoms with Crippen LogP contribution in [0.5, 0.6) is 5.75 Å². The number of benzene rings is 1. The van der Waals surface area contributed by atoms with Crippen molar-refractivity contribution in [3.8, 4) is 11.8 Å². The third-order valence-corrected chi connectivity index (χ3v) is 5.19. The summed E-state index contributed by atoms with van der Waals surface area (Å²) in [6, 6.07) is 9.35. The second-order valence-electron chi connectivity index (χ2n) is 4.94. The second kappa shape index (κ2) is 7.06. The van der Waals surface area contributed by atoms with Gasteiger partial charge < -0.3 is 9.64 Å². The molecule has 0 atom stereocenters. The van der Waals surface area contributed by atoms with Gasteiger partial charge in [0.2, 0.25) is 0 Å². The van der Waals surface area contributed by atoms with E-state index in [1.165, 1.54) is 0 Å². The van der Waals surface area contributed by atoms with E-state index in [2.05, 4.69) is 6.07 Å². The molecule has 0 N–H and O–H groups in total. The maximum atomic E-state index is 12.1. The lowest BCUT2D eigenvalue weighted by Gasteiger charge is -2.36. The number of nitrogens with zero attached hydrogens (tertiary/aromatic N) is 2. The maximum Gasteiger partial charge on any atom is 0.260 e. The summed E-state index contributed by atoms with van der Waals surface area (Å²) in [6.07, 6.45) is 3.35. The van der Waals surface area contributed by atoms with Gasteiger partial charge in [0, 0.05) is 18.1 Å². The number of hydrogen-bond donors (Lipinski definition) is 0. The van der Waals surface area contributed by atoms with Crippen molar-refractivity contribution < 1.29 is 9.53 Å². The van der Waals surface area contributed by atoms with Crippen molar-refractivity contribution in [3.05, 3.63) is 29.3 Å². The van der Waals surface area contributed by atoms with Crippen LogP contribution in [0, 0.1) is 11.3 Å². The van der Waals surface area contributed by atoms with Gasteiger partial charge in [0.15, 0.2) is 6.61 Å². The molecule has 0 spiro atoms. The Bertz CT molecular complexity index is 551. The summed E-state index contributed by atoms with van der Waals surface area (Å²) in [7, 11) is 0. The highest BCUT2D eigenvalue weighted by Crippen LogP contribution is 2.33. The first kappa shape index (κ1) is 16.0. The van der Waals surface area contributed by atoms with E-state index < -0.39 is 0 Å². The van der Waals surface area contributed by atoms with Crippen LogP contribution in [-0.2, 0) is 4.79 Å². The van der Waals surface area contributed by atoms with Crippen molar-refractivity contribution in [2.45, 2.75) is 17.6 Å². The van der Waals surface area contributed by atoms with Gasteiger partial charge in [0.1, 0.15) is 10.5 Å². The van der Waals surface area contributed by atoms with Crippen LogP contribution in [0.25, 0.3) is 0 Å². The van der Waals surface area contributed by atoms with Gasteiger partial charge in [0.25, 0.3) is 5.91 Å². The lowest BCUT2D eigenvalue weighted by Crippen LogP contribution is -2.46. The van der Waals surface area contributed by atoms with Gasteiger partial charge in [-0.05, 0) is 37.3 Å². The molecule has 6 heteroatoms. The monoisotopic (exact) mass is 324 g/mol. The third kappa shape index (κ3) is 4.05. The van der Waals surface area contributed by atoms with Gasteiger partial charge in [-0.25, -0.2) is 0 Å². The van der Waals surface area contributed by atoms with Gasteiger partial charge in [-0.2, -0.15) is 5.26 Å². The Morgan fingerprint density at radius 1 is 1.52 bits per heavy atom. The van der Waals surface area contributed by atoms with Crippen LogP contribution >= 0.6 is 23.4 Å². The molecule has 1 aliphatic heterocycles. The normalized spacial score (nSPS) is 17.1. The Balaban J connectivity index is 1.84. The van der Waals surface area contributed by atoms with E-state index in [9.17, 15) is 10.1 Å². The van der Waals surface area contributed by atoms with Crippen LogP contribution in [0.1, 0.15) is 12.8 Å².